The predicted molar refractivity (Wildman–Crippen MR) is 99.3 cm³/mol. The van der Waals surface area contributed by atoms with Crippen molar-refractivity contribution in [2.45, 2.75) is 24.3 Å². The van der Waals surface area contributed by atoms with Gasteiger partial charge in [-0.3, -0.25) is 4.57 Å². The van der Waals surface area contributed by atoms with Crippen LogP contribution in [0.5, 0.6) is 0 Å². The van der Waals surface area contributed by atoms with E-state index in [-0.39, 0.29) is 0 Å². The van der Waals surface area contributed by atoms with E-state index in [0.29, 0.717) is 5.75 Å². The first-order valence-electron chi connectivity index (χ1n) is 7.87. The van der Waals surface area contributed by atoms with Gasteiger partial charge in [0, 0.05) is 23.1 Å². The third-order valence-electron chi connectivity index (χ3n) is 3.65. The molecule has 0 spiro atoms. The predicted octanol–water partition coefficient (Wildman–Crippen LogP) is 4.51. The maximum atomic E-state index is 5.30. The van der Waals surface area contributed by atoms with Gasteiger partial charge in [0.1, 0.15) is 11.6 Å². The number of para-hydroxylation sites is 1. The molecule has 0 saturated carbocycles. The van der Waals surface area contributed by atoms with Crippen molar-refractivity contribution in [2.24, 2.45) is 0 Å². The van der Waals surface area contributed by atoms with Crippen molar-refractivity contribution in [3.8, 4) is 5.69 Å². The van der Waals surface area contributed by atoms with E-state index in [1.807, 2.05) is 31.2 Å². The molecule has 0 unspecified atom stereocenters. The Kier molecular flexibility index (Phi) is 4.67. The minimum atomic E-state index is 0.671. The molecule has 0 bridgehead atoms. The zero-order chi connectivity index (χ0) is 17.1. The molecular formula is C18H16N4OS2. The lowest BCUT2D eigenvalue weighted by atomic mass is 10.3. The fourth-order valence-electron chi connectivity index (χ4n) is 2.53. The minimum Gasteiger partial charge on any atom is -0.360 e. The van der Waals surface area contributed by atoms with Crippen LogP contribution in [0.3, 0.4) is 0 Å². The molecule has 1 aromatic carbocycles. The van der Waals surface area contributed by atoms with E-state index in [9.17, 15) is 0 Å². The van der Waals surface area contributed by atoms with Crippen LogP contribution in [0.1, 0.15) is 22.2 Å². The largest absolute Gasteiger partial charge is 0.360 e. The summed E-state index contributed by atoms with van der Waals surface area (Å²) < 4.78 is 7.42. The van der Waals surface area contributed by atoms with Crippen LogP contribution >= 0.6 is 23.1 Å². The van der Waals surface area contributed by atoms with Gasteiger partial charge >= 0.3 is 0 Å². The molecule has 0 atom stereocenters. The molecule has 25 heavy (non-hydrogen) atoms. The standard InChI is InChI=1S/C18H16N4OS2/c1-13-10-15(23-21-13)12-25-18-20-19-17(11-16-8-5-9-24-16)22(18)14-6-3-2-4-7-14/h2-10H,11-12H2,1H3. The van der Waals surface area contributed by atoms with Crippen molar-refractivity contribution >= 4 is 23.1 Å². The average Bonchev–Trinajstić information content (AvgIpc) is 3.36. The molecule has 0 saturated heterocycles. The normalized spacial score (nSPS) is 11.1. The van der Waals surface area contributed by atoms with Crippen molar-refractivity contribution in [2.75, 3.05) is 0 Å². The molecule has 0 aliphatic rings. The third kappa shape index (κ3) is 3.67. The monoisotopic (exact) mass is 368 g/mol. The molecule has 0 radical (unpaired) electrons. The highest BCUT2D eigenvalue weighted by Gasteiger charge is 2.16. The van der Waals surface area contributed by atoms with E-state index in [0.717, 1.165) is 34.5 Å². The van der Waals surface area contributed by atoms with Crippen LogP contribution in [-0.4, -0.2) is 19.9 Å². The lowest BCUT2D eigenvalue weighted by Crippen LogP contribution is -2.03. The van der Waals surface area contributed by atoms with Gasteiger partial charge in [0.2, 0.25) is 0 Å². The van der Waals surface area contributed by atoms with Crippen molar-refractivity contribution in [3.63, 3.8) is 0 Å². The maximum Gasteiger partial charge on any atom is 0.196 e. The van der Waals surface area contributed by atoms with E-state index in [4.69, 9.17) is 4.52 Å². The summed E-state index contributed by atoms with van der Waals surface area (Å²) in [6, 6.07) is 16.3. The summed E-state index contributed by atoms with van der Waals surface area (Å²) in [5.74, 6) is 2.44. The van der Waals surface area contributed by atoms with E-state index >= 15 is 0 Å². The Morgan fingerprint density at radius 3 is 2.72 bits per heavy atom. The summed E-state index contributed by atoms with van der Waals surface area (Å²) in [5, 5.41) is 15.7. The van der Waals surface area contributed by atoms with Crippen molar-refractivity contribution < 1.29 is 4.52 Å². The molecule has 0 fully saturated rings. The number of benzene rings is 1. The quantitative estimate of drug-likeness (QED) is 0.469. The third-order valence-corrected chi connectivity index (χ3v) is 5.48. The smallest absolute Gasteiger partial charge is 0.196 e. The second-order valence-electron chi connectivity index (χ2n) is 5.55. The molecule has 126 valence electrons. The zero-order valence-electron chi connectivity index (χ0n) is 13.6. The molecule has 3 aromatic heterocycles. The number of rotatable bonds is 6. The molecule has 0 N–H and O–H groups in total. The summed E-state index contributed by atoms with van der Waals surface area (Å²) in [6.45, 7) is 1.92. The van der Waals surface area contributed by atoms with E-state index in [1.54, 1.807) is 23.1 Å². The van der Waals surface area contributed by atoms with Gasteiger partial charge in [-0.15, -0.1) is 21.5 Å². The second-order valence-corrected chi connectivity index (χ2v) is 7.52. The number of thiophene rings is 1. The SMILES string of the molecule is Cc1cc(CSc2nnc(Cc3cccs3)n2-c2ccccc2)on1. The number of aromatic nitrogens is 4. The number of aryl methyl sites for hydroxylation is 1. The van der Waals surface area contributed by atoms with Crippen LogP contribution in [0.4, 0.5) is 0 Å². The Morgan fingerprint density at radius 2 is 2.00 bits per heavy atom. The van der Waals surface area contributed by atoms with E-state index in [2.05, 4.69) is 49.6 Å². The molecule has 7 heteroatoms. The number of nitrogens with zero attached hydrogens (tertiary/aromatic N) is 4. The van der Waals surface area contributed by atoms with Crippen LogP contribution in [0.15, 0.2) is 63.6 Å². The van der Waals surface area contributed by atoms with Crippen molar-refractivity contribution in [3.05, 3.63) is 76.1 Å². The van der Waals surface area contributed by atoms with Crippen LogP contribution in [0, 0.1) is 6.92 Å². The molecule has 0 aliphatic carbocycles. The first-order valence-corrected chi connectivity index (χ1v) is 9.73. The number of hydrogen-bond acceptors (Lipinski definition) is 6. The van der Waals surface area contributed by atoms with Crippen molar-refractivity contribution in [1.29, 1.82) is 0 Å². The minimum absolute atomic E-state index is 0.671. The topological polar surface area (TPSA) is 56.7 Å². The zero-order valence-corrected chi connectivity index (χ0v) is 15.3. The molecule has 0 amide bonds. The summed E-state index contributed by atoms with van der Waals surface area (Å²) >= 11 is 3.33. The van der Waals surface area contributed by atoms with Crippen LogP contribution in [0.25, 0.3) is 5.69 Å². The van der Waals surface area contributed by atoms with Gasteiger partial charge in [0.15, 0.2) is 5.16 Å². The number of thioether (sulfide) groups is 1. The van der Waals surface area contributed by atoms with Gasteiger partial charge in [-0.1, -0.05) is 41.2 Å². The van der Waals surface area contributed by atoms with Gasteiger partial charge in [-0.2, -0.15) is 0 Å². The Hall–Kier alpha value is -2.38. The van der Waals surface area contributed by atoms with E-state index in [1.165, 1.54) is 4.88 Å². The highest BCUT2D eigenvalue weighted by Crippen LogP contribution is 2.27. The van der Waals surface area contributed by atoms with E-state index < -0.39 is 0 Å². The first-order chi connectivity index (χ1) is 12.3. The number of hydrogen-bond donors (Lipinski definition) is 0. The van der Waals surface area contributed by atoms with Crippen molar-refractivity contribution in [1.82, 2.24) is 19.9 Å². The molecular weight excluding hydrogens is 352 g/mol. The van der Waals surface area contributed by atoms with Crippen LogP contribution < -0.4 is 0 Å². The Labute approximate surface area is 153 Å². The first kappa shape index (κ1) is 16.1. The molecule has 0 aliphatic heterocycles. The second kappa shape index (κ2) is 7.25. The summed E-state index contributed by atoms with van der Waals surface area (Å²) in [4.78, 5) is 1.27. The summed E-state index contributed by atoms with van der Waals surface area (Å²) in [7, 11) is 0. The molecule has 5 nitrogen and oxygen atoms in total. The summed E-state index contributed by atoms with van der Waals surface area (Å²) in [6.07, 6.45) is 0.765. The van der Waals surface area contributed by atoms with Gasteiger partial charge in [0.25, 0.3) is 0 Å². The Balaban J connectivity index is 1.65. The van der Waals surface area contributed by atoms with Gasteiger partial charge < -0.3 is 4.52 Å². The summed E-state index contributed by atoms with van der Waals surface area (Å²) in [5.41, 5.74) is 1.95. The van der Waals surface area contributed by atoms with Gasteiger partial charge in [-0.05, 0) is 30.5 Å². The van der Waals surface area contributed by atoms with Crippen LogP contribution in [-0.2, 0) is 12.2 Å². The highest BCUT2D eigenvalue weighted by atomic mass is 32.2. The fourth-order valence-corrected chi connectivity index (χ4v) is 4.08. The Morgan fingerprint density at radius 1 is 1.12 bits per heavy atom. The van der Waals surface area contributed by atoms with Crippen LogP contribution in [0.2, 0.25) is 0 Å². The lowest BCUT2D eigenvalue weighted by molar-refractivity contribution is 0.391. The van der Waals surface area contributed by atoms with Gasteiger partial charge in [0.05, 0.1) is 11.4 Å². The molecule has 3 heterocycles. The maximum absolute atomic E-state index is 5.30. The Bertz CT molecular complexity index is 945. The molecule has 4 aromatic rings. The fraction of sp³-hybridized carbons (Fsp3) is 0.167. The highest BCUT2D eigenvalue weighted by molar-refractivity contribution is 7.98. The average molecular weight is 368 g/mol. The molecule has 4 rings (SSSR count). The lowest BCUT2D eigenvalue weighted by Gasteiger charge is -2.09. The van der Waals surface area contributed by atoms with Gasteiger partial charge in [-0.25, -0.2) is 0 Å².